The first-order valence-corrected chi connectivity index (χ1v) is 5.27. The Kier molecular flexibility index (Phi) is 2.75. The molecule has 0 spiro atoms. The molecule has 1 aromatic rings. The molecule has 6 heteroatoms. The zero-order valence-electron chi connectivity index (χ0n) is 9.57. The molecule has 0 aromatic heterocycles. The largest absolute Gasteiger partial charge is 0.468 e. The molecule has 0 unspecified atom stereocenters. The summed E-state index contributed by atoms with van der Waals surface area (Å²) >= 11 is 0. The van der Waals surface area contributed by atoms with Crippen molar-refractivity contribution < 1.29 is 14.5 Å². The van der Waals surface area contributed by atoms with Crippen LogP contribution in [0.25, 0.3) is 0 Å². The number of ether oxygens (including phenoxy) is 1. The van der Waals surface area contributed by atoms with Gasteiger partial charge in [0.15, 0.2) is 0 Å². The van der Waals surface area contributed by atoms with E-state index in [1.807, 2.05) is 0 Å². The second kappa shape index (κ2) is 4.11. The van der Waals surface area contributed by atoms with Gasteiger partial charge in [0.2, 0.25) is 5.41 Å². The molecular formula is C12H10N2O4. The molecule has 0 saturated heterocycles. The van der Waals surface area contributed by atoms with Gasteiger partial charge in [-0.1, -0.05) is 30.3 Å². The molecule has 1 aliphatic rings. The summed E-state index contributed by atoms with van der Waals surface area (Å²) in [7, 11) is 1.12. The normalized spacial score (nSPS) is 29.1. The van der Waals surface area contributed by atoms with Crippen LogP contribution in [0.2, 0.25) is 0 Å². The molecule has 1 saturated carbocycles. The van der Waals surface area contributed by atoms with E-state index in [2.05, 4.69) is 4.74 Å². The van der Waals surface area contributed by atoms with Crippen LogP contribution in [0.5, 0.6) is 0 Å². The average molecular weight is 246 g/mol. The fraction of sp³-hybridized carbons (Fsp3) is 0.333. The van der Waals surface area contributed by atoms with Gasteiger partial charge < -0.3 is 4.74 Å². The van der Waals surface area contributed by atoms with Crippen LogP contribution < -0.4 is 0 Å². The third kappa shape index (κ3) is 1.44. The monoisotopic (exact) mass is 246 g/mol. The maximum Gasteiger partial charge on any atom is 0.334 e. The van der Waals surface area contributed by atoms with Crippen LogP contribution in [-0.4, -0.2) is 24.0 Å². The van der Waals surface area contributed by atoms with E-state index in [0.29, 0.717) is 5.56 Å². The lowest BCUT2D eigenvalue weighted by molar-refractivity contribution is -0.501. The maximum absolute atomic E-state index is 11.7. The molecule has 0 aliphatic heterocycles. The minimum Gasteiger partial charge on any atom is -0.468 e. The second-order valence-corrected chi connectivity index (χ2v) is 4.09. The Morgan fingerprint density at radius 3 is 2.56 bits per heavy atom. The van der Waals surface area contributed by atoms with Gasteiger partial charge in [-0.3, -0.25) is 14.9 Å². The Hall–Kier alpha value is -2.42. The van der Waals surface area contributed by atoms with E-state index >= 15 is 0 Å². The number of rotatable bonds is 3. The van der Waals surface area contributed by atoms with Crippen LogP contribution >= 0.6 is 0 Å². The summed E-state index contributed by atoms with van der Waals surface area (Å²) in [6.45, 7) is 0. The van der Waals surface area contributed by atoms with Gasteiger partial charge in [-0.15, -0.1) is 0 Å². The number of nitro groups is 1. The van der Waals surface area contributed by atoms with Gasteiger partial charge in [0.1, 0.15) is 0 Å². The van der Waals surface area contributed by atoms with Crippen LogP contribution in [0, 0.1) is 26.9 Å². The SMILES string of the molecule is COC(=O)[C@@]1(C#N)[C@H](c2ccccc2)[C@@H]1[N+](=O)[O-]. The summed E-state index contributed by atoms with van der Waals surface area (Å²) in [5.74, 6) is -1.59. The Balaban J connectivity index is 2.45. The fourth-order valence-corrected chi connectivity index (χ4v) is 2.36. The summed E-state index contributed by atoms with van der Waals surface area (Å²) in [5.41, 5.74) is -1.09. The molecule has 92 valence electrons. The average Bonchev–Trinajstić information content (AvgIpc) is 3.09. The first-order chi connectivity index (χ1) is 8.59. The molecule has 18 heavy (non-hydrogen) atoms. The number of esters is 1. The minimum absolute atomic E-state index is 0.586. The highest BCUT2D eigenvalue weighted by molar-refractivity contribution is 5.87. The van der Waals surface area contributed by atoms with E-state index in [0.717, 1.165) is 7.11 Å². The summed E-state index contributed by atoms with van der Waals surface area (Å²) in [6.07, 6.45) is 0. The molecule has 0 N–H and O–H groups in total. The molecule has 1 fully saturated rings. The van der Waals surface area contributed by atoms with Crippen molar-refractivity contribution in [3.8, 4) is 6.07 Å². The van der Waals surface area contributed by atoms with Gasteiger partial charge in [-0.2, -0.15) is 5.26 Å². The molecule has 0 heterocycles. The predicted octanol–water partition coefficient (Wildman–Crippen LogP) is 1.11. The van der Waals surface area contributed by atoms with E-state index in [-0.39, 0.29) is 0 Å². The first kappa shape index (κ1) is 12.0. The Morgan fingerprint density at radius 2 is 2.11 bits per heavy atom. The zero-order valence-corrected chi connectivity index (χ0v) is 9.57. The fourth-order valence-electron chi connectivity index (χ4n) is 2.36. The smallest absolute Gasteiger partial charge is 0.334 e. The highest BCUT2D eigenvalue weighted by atomic mass is 16.6. The second-order valence-electron chi connectivity index (χ2n) is 4.09. The van der Waals surface area contributed by atoms with Gasteiger partial charge >= 0.3 is 5.97 Å². The van der Waals surface area contributed by atoms with E-state index in [4.69, 9.17) is 5.26 Å². The Labute approximate surface area is 103 Å². The molecule has 0 amide bonds. The molecule has 0 bridgehead atoms. The summed E-state index contributed by atoms with van der Waals surface area (Å²) in [5, 5.41) is 20.1. The van der Waals surface area contributed by atoms with E-state index < -0.39 is 28.3 Å². The molecule has 6 nitrogen and oxygen atoms in total. The van der Waals surface area contributed by atoms with Crippen molar-refractivity contribution in [3.05, 3.63) is 46.0 Å². The molecule has 0 radical (unpaired) electrons. The van der Waals surface area contributed by atoms with E-state index in [1.165, 1.54) is 0 Å². The van der Waals surface area contributed by atoms with Crippen LogP contribution in [-0.2, 0) is 9.53 Å². The van der Waals surface area contributed by atoms with E-state index in [9.17, 15) is 14.9 Å². The van der Waals surface area contributed by atoms with Crippen molar-refractivity contribution in [1.29, 1.82) is 5.26 Å². The number of nitriles is 1. The first-order valence-electron chi connectivity index (χ1n) is 5.27. The van der Waals surface area contributed by atoms with Gasteiger partial charge in [0, 0.05) is 4.92 Å². The molecular weight excluding hydrogens is 236 g/mol. The van der Waals surface area contributed by atoms with Crippen LogP contribution in [0.15, 0.2) is 30.3 Å². The lowest BCUT2D eigenvalue weighted by Crippen LogP contribution is -2.23. The van der Waals surface area contributed by atoms with Gasteiger partial charge in [0.05, 0.1) is 19.1 Å². The van der Waals surface area contributed by atoms with Gasteiger partial charge in [-0.25, -0.2) is 0 Å². The Morgan fingerprint density at radius 1 is 1.50 bits per heavy atom. The zero-order chi connectivity index (χ0) is 13.3. The topological polar surface area (TPSA) is 93.2 Å². The maximum atomic E-state index is 11.7. The Bertz CT molecular complexity index is 537. The predicted molar refractivity (Wildman–Crippen MR) is 60.0 cm³/mol. The number of methoxy groups -OCH3 is 1. The minimum atomic E-state index is -1.69. The highest BCUT2D eigenvalue weighted by Gasteiger charge is 2.81. The van der Waals surface area contributed by atoms with Crippen LogP contribution in [0.1, 0.15) is 11.5 Å². The van der Waals surface area contributed by atoms with Crippen molar-refractivity contribution in [1.82, 2.24) is 0 Å². The van der Waals surface area contributed by atoms with Crippen molar-refractivity contribution in [2.75, 3.05) is 7.11 Å². The summed E-state index contributed by atoms with van der Waals surface area (Å²) in [6, 6.07) is 9.06. The van der Waals surface area contributed by atoms with E-state index in [1.54, 1.807) is 36.4 Å². The van der Waals surface area contributed by atoms with Crippen molar-refractivity contribution >= 4 is 5.97 Å². The molecule has 2 rings (SSSR count). The lowest BCUT2D eigenvalue weighted by atomic mass is 10.0. The third-order valence-corrected chi connectivity index (χ3v) is 3.26. The van der Waals surface area contributed by atoms with Gasteiger partial charge in [0.25, 0.3) is 6.04 Å². The lowest BCUT2D eigenvalue weighted by Gasteiger charge is -2.03. The standard InChI is InChI=1S/C12H10N2O4/c1-18-11(15)12(7-13)9(10(12)14(16)17)8-5-3-2-4-6-8/h2-6,9-10H,1H3/t9-,10+,12+/m1/s1. The number of hydrogen-bond acceptors (Lipinski definition) is 5. The van der Waals surface area contributed by atoms with Gasteiger partial charge in [-0.05, 0) is 5.56 Å². The number of nitrogens with zero attached hydrogens (tertiary/aromatic N) is 2. The highest BCUT2D eigenvalue weighted by Crippen LogP contribution is 2.61. The summed E-state index contributed by atoms with van der Waals surface area (Å²) in [4.78, 5) is 22.1. The van der Waals surface area contributed by atoms with Crippen molar-refractivity contribution in [2.24, 2.45) is 5.41 Å². The molecule has 1 aliphatic carbocycles. The summed E-state index contributed by atoms with van der Waals surface area (Å²) < 4.78 is 4.53. The van der Waals surface area contributed by atoms with Crippen LogP contribution in [0.3, 0.4) is 0 Å². The number of carbonyl (C=O) groups excluding carboxylic acids is 1. The quantitative estimate of drug-likeness (QED) is 0.452. The number of hydrogen-bond donors (Lipinski definition) is 0. The van der Waals surface area contributed by atoms with Crippen LogP contribution in [0.4, 0.5) is 0 Å². The number of carbonyl (C=O) groups is 1. The molecule has 3 atom stereocenters. The van der Waals surface area contributed by atoms with Crippen molar-refractivity contribution in [2.45, 2.75) is 12.0 Å². The molecule has 1 aromatic carbocycles. The van der Waals surface area contributed by atoms with Crippen molar-refractivity contribution in [3.63, 3.8) is 0 Å². The third-order valence-electron chi connectivity index (χ3n) is 3.26. The number of benzene rings is 1.